The van der Waals surface area contributed by atoms with Gasteiger partial charge in [-0.1, -0.05) is 60.7 Å². The lowest BCUT2D eigenvalue weighted by molar-refractivity contribution is -0.0230. The molecule has 1 aliphatic rings. The highest BCUT2D eigenvalue weighted by atomic mass is 19.1. The van der Waals surface area contributed by atoms with E-state index in [1.165, 1.54) is 16.8 Å². The molecule has 0 spiro atoms. The summed E-state index contributed by atoms with van der Waals surface area (Å²) in [5.74, 6) is -0.581. The van der Waals surface area contributed by atoms with Crippen LogP contribution in [-0.2, 0) is 11.3 Å². The molecule has 0 N–H and O–H groups in total. The van der Waals surface area contributed by atoms with Crippen LogP contribution in [0.4, 0.5) is 4.39 Å². The Balaban J connectivity index is 1.50. The maximum absolute atomic E-state index is 13.6. The average molecular weight is 443 g/mol. The van der Waals surface area contributed by atoms with Crippen molar-refractivity contribution in [1.29, 1.82) is 0 Å². The third kappa shape index (κ3) is 4.27. The monoisotopic (exact) mass is 443 g/mol. The summed E-state index contributed by atoms with van der Waals surface area (Å²) in [4.78, 5) is 28.4. The third-order valence-electron chi connectivity index (χ3n) is 5.84. The molecule has 0 bridgehead atoms. The van der Waals surface area contributed by atoms with Gasteiger partial charge in [0.25, 0.3) is 11.5 Å². The summed E-state index contributed by atoms with van der Waals surface area (Å²) >= 11 is 0. The van der Waals surface area contributed by atoms with E-state index in [9.17, 15) is 14.0 Å². The number of hydrogen-bond acceptors (Lipinski definition) is 4. The SMILES string of the molecule is O=C(c1nn(Cc2ccccc2)c(=O)c2ccccc12)N1CCOC(c2ccc(F)cc2)C1. The van der Waals surface area contributed by atoms with Gasteiger partial charge in [-0.3, -0.25) is 9.59 Å². The van der Waals surface area contributed by atoms with Crippen molar-refractivity contribution >= 4 is 16.7 Å². The highest BCUT2D eigenvalue weighted by Crippen LogP contribution is 2.24. The maximum Gasteiger partial charge on any atom is 0.275 e. The molecule has 5 rings (SSSR count). The molecule has 1 aromatic heterocycles. The fraction of sp³-hybridized carbons (Fsp3) is 0.192. The molecule has 0 aliphatic carbocycles. The molecule has 0 saturated carbocycles. The van der Waals surface area contributed by atoms with Crippen molar-refractivity contribution < 1.29 is 13.9 Å². The van der Waals surface area contributed by atoms with Gasteiger partial charge >= 0.3 is 0 Å². The molecule has 2 heterocycles. The number of morpholine rings is 1. The fourth-order valence-corrected chi connectivity index (χ4v) is 4.12. The smallest absolute Gasteiger partial charge is 0.275 e. The highest BCUT2D eigenvalue weighted by molar-refractivity contribution is 6.04. The molecule has 7 heteroatoms. The molecule has 3 aromatic carbocycles. The van der Waals surface area contributed by atoms with Crippen LogP contribution < -0.4 is 5.56 Å². The summed E-state index contributed by atoms with van der Waals surface area (Å²) in [5.41, 5.74) is 1.72. The zero-order valence-electron chi connectivity index (χ0n) is 17.9. The van der Waals surface area contributed by atoms with Gasteiger partial charge in [0.15, 0.2) is 5.69 Å². The Morgan fingerprint density at radius 2 is 1.67 bits per heavy atom. The quantitative estimate of drug-likeness (QED) is 0.481. The lowest BCUT2D eigenvalue weighted by Crippen LogP contribution is -2.43. The van der Waals surface area contributed by atoms with E-state index in [0.29, 0.717) is 30.5 Å². The van der Waals surface area contributed by atoms with E-state index in [2.05, 4.69) is 5.10 Å². The molecular formula is C26H22FN3O3. The molecule has 1 saturated heterocycles. The number of aromatic nitrogens is 2. The van der Waals surface area contributed by atoms with Gasteiger partial charge in [0, 0.05) is 11.9 Å². The van der Waals surface area contributed by atoms with Crippen LogP contribution >= 0.6 is 0 Å². The van der Waals surface area contributed by atoms with E-state index in [1.807, 2.05) is 30.3 Å². The number of fused-ring (bicyclic) bond motifs is 1. The summed E-state index contributed by atoms with van der Waals surface area (Å²) in [5, 5.41) is 5.49. The van der Waals surface area contributed by atoms with Crippen molar-refractivity contribution in [3.63, 3.8) is 0 Å². The normalized spacial score (nSPS) is 16.2. The number of hydrogen-bond donors (Lipinski definition) is 0. The lowest BCUT2D eigenvalue weighted by atomic mass is 10.1. The average Bonchev–Trinajstić information content (AvgIpc) is 2.86. The van der Waals surface area contributed by atoms with Gasteiger partial charge in [-0.2, -0.15) is 5.10 Å². The minimum atomic E-state index is -0.357. The van der Waals surface area contributed by atoms with Crippen LogP contribution in [0.1, 0.15) is 27.7 Å². The minimum Gasteiger partial charge on any atom is -0.370 e. The van der Waals surface area contributed by atoms with Crippen LogP contribution in [0.15, 0.2) is 83.7 Å². The second-order valence-electron chi connectivity index (χ2n) is 8.00. The number of rotatable bonds is 4. The number of amides is 1. The van der Waals surface area contributed by atoms with E-state index in [1.54, 1.807) is 41.3 Å². The molecule has 1 fully saturated rings. The summed E-state index contributed by atoms with van der Waals surface area (Å²) in [6.07, 6.45) is -0.357. The van der Waals surface area contributed by atoms with Crippen LogP contribution in [0.5, 0.6) is 0 Å². The number of halogens is 1. The van der Waals surface area contributed by atoms with Gasteiger partial charge < -0.3 is 9.64 Å². The molecule has 4 aromatic rings. The van der Waals surface area contributed by atoms with E-state index in [0.717, 1.165) is 11.1 Å². The summed E-state index contributed by atoms with van der Waals surface area (Å²) in [6.45, 7) is 1.35. The Morgan fingerprint density at radius 3 is 2.42 bits per heavy atom. The molecule has 1 atom stereocenters. The van der Waals surface area contributed by atoms with Gasteiger partial charge in [0.2, 0.25) is 0 Å². The van der Waals surface area contributed by atoms with Crippen molar-refractivity contribution in [3.05, 3.63) is 112 Å². The van der Waals surface area contributed by atoms with Crippen molar-refractivity contribution in [1.82, 2.24) is 14.7 Å². The van der Waals surface area contributed by atoms with Gasteiger partial charge in [0.1, 0.15) is 11.9 Å². The minimum absolute atomic E-state index is 0.237. The lowest BCUT2D eigenvalue weighted by Gasteiger charge is -2.33. The first-order chi connectivity index (χ1) is 16.1. The molecule has 1 aliphatic heterocycles. The van der Waals surface area contributed by atoms with Crippen molar-refractivity contribution in [2.45, 2.75) is 12.6 Å². The summed E-state index contributed by atoms with van der Waals surface area (Å²) < 4.78 is 20.5. The number of nitrogens with zero attached hydrogens (tertiary/aromatic N) is 3. The molecule has 0 radical (unpaired) electrons. The number of ether oxygens (including phenoxy) is 1. The summed E-state index contributed by atoms with van der Waals surface area (Å²) in [6, 6.07) is 22.7. The van der Waals surface area contributed by atoms with Gasteiger partial charge in [0.05, 0.1) is 25.1 Å². The van der Waals surface area contributed by atoms with Crippen molar-refractivity contribution in [3.8, 4) is 0 Å². The zero-order valence-corrected chi connectivity index (χ0v) is 17.9. The van der Waals surface area contributed by atoms with E-state index in [-0.39, 0.29) is 35.6 Å². The Labute approximate surface area is 189 Å². The first-order valence-electron chi connectivity index (χ1n) is 10.8. The predicted octanol–water partition coefficient (Wildman–Crippen LogP) is 3.80. The Hall–Kier alpha value is -3.84. The zero-order chi connectivity index (χ0) is 22.8. The van der Waals surface area contributed by atoms with Crippen molar-refractivity contribution in [2.24, 2.45) is 0 Å². The van der Waals surface area contributed by atoms with Crippen LogP contribution in [-0.4, -0.2) is 40.3 Å². The topological polar surface area (TPSA) is 64.4 Å². The second-order valence-corrected chi connectivity index (χ2v) is 8.00. The first kappa shape index (κ1) is 21.0. The Bertz CT molecular complexity index is 1350. The molecule has 1 amide bonds. The number of carbonyl (C=O) groups excluding carboxylic acids is 1. The highest BCUT2D eigenvalue weighted by Gasteiger charge is 2.29. The number of carbonyl (C=O) groups is 1. The Morgan fingerprint density at radius 1 is 0.970 bits per heavy atom. The van der Waals surface area contributed by atoms with Gasteiger partial charge in [-0.05, 0) is 29.3 Å². The van der Waals surface area contributed by atoms with Gasteiger partial charge in [-0.25, -0.2) is 9.07 Å². The molecule has 33 heavy (non-hydrogen) atoms. The van der Waals surface area contributed by atoms with Crippen LogP contribution in [0.2, 0.25) is 0 Å². The first-order valence-corrected chi connectivity index (χ1v) is 10.8. The summed E-state index contributed by atoms with van der Waals surface area (Å²) in [7, 11) is 0. The van der Waals surface area contributed by atoms with Crippen molar-refractivity contribution in [2.75, 3.05) is 19.7 Å². The largest absolute Gasteiger partial charge is 0.370 e. The van der Waals surface area contributed by atoms with Crippen LogP contribution in [0.3, 0.4) is 0 Å². The van der Waals surface area contributed by atoms with E-state index in [4.69, 9.17) is 4.74 Å². The molecule has 6 nitrogen and oxygen atoms in total. The predicted molar refractivity (Wildman–Crippen MR) is 123 cm³/mol. The fourth-order valence-electron chi connectivity index (χ4n) is 4.12. The standard InChI is InChI=1S/C26H22FN3O3/c27-20-12-10-19(11-13-20)23-17-29(14-15-33-23)26(32)24-21-8-4-5-9-22(21)25(31)30(28-24)16-18-6-2-1-3-7-18/h1-13,23H,14-17H2. The molecular weight excluding hydrogens is 421 g/mol. The third-order valence-corrected chi connectivity index (χ3v) is 5.84. The molecule has 1 unspecified atom stereocenters. The number of benzene rings is 3. The Kier molecular flexibility index (Phi) is 5.71. The van der Waals surface area contributed by atoms with Gasteiger partial charge in [-0.15, -0.1) is 0 Å². The molecule has 166 valence electrons. The van der Waals surface area contributed by atoms with Crippen LogP contribution in [0.25, 0.3) is 10.8 Å². The second kappa shape index (κ2) is 8.96. The van der Waals surface area contributed by atoms with E-state index < -0.39 is 0 Å². The van der Waals surface area contributed by atoms with Crippen LogP contribution in [0, 0.1) is 5.82 Å². The van der Waals surface area contributed by atoms with E-state index >= 15 is 0 Å². The maximum atomic E-state index is 13.6.